The van der Waals surface area contributed by atoms with Crippen LogP contribution in [-0.2, 0) is 4.79 Å². The standard InChI is InChI=1S/C25H24N2O2S2/c1-17-5-14-22-23(16-17)31-25(27-22)18-6-8-19(9-7-18)26-24(28)4-3-15-30-21-12-10-20(29-2)11-13-21/h5-14,16H,3-4,15H2,1-2H3,(H,26,28). The predicted octanol–water partition coefficient (Wildman–Crippen LogP) is 6.79. The number of aromatic nitrogens is 1. The van der Waals surface area contributed by atoms with Gasteiger partial charge >= 0.3 is 0 Å². The number of methoxy groups -OCH3 is 1. The number of thioether (sulfide) groups is 1. The highest BCUT2D eigenvalue weighted by Gasteiger charge is 2.08. The monoisotopic (exact) mass is 448 g/mol. The Balaban J connectivity index is 1.26. The highest BCUT2D eigenvalue weighted by atomic mass is 32.2. The van der Waals surface area contributed by atoms with E-state index in [9.17, 15) is 4.79 Å². The summed E-state index contributed by atoms with van der Waals surface area (Å²) in [5.41, 5.74) is 4.14. The van der Waals surface area contributed by atoms with Gasteiger partial charge in [-0.15, -0.1) is 23.1 Å². The lowest BCUT2D eigenvalue weighted by atomic mass is 10.2. The summed E-state index contributed by atoms with van der Waals surface area (Å²) >= 11 is 3.44. The van der Waals surface area contributed by atoms with Crippen LogP contribution in [0, 0.1) is 6.92 Å². The number of amides is 1. The Morgan fingerprint density at radius 3 is 2.58 bits per heavy atom. The number of carbonyl (C=O) groups excluding carboxylic acids is 1. The van der Waals surface area contributed by atoms with Crippen LogP contribution in [-0.4, -0.2) is 23.8 Å². The van der Waals surface area contributed by atoms with E-state index in [0.29, 0.717) is 6.42 Å². The van der Waals surface area contributed by atoms with Gasteiger partial charge in [-0.1, -0.05) is 6.07 Å². The summed E-state index contributed by atoms with van der Waals surface area (Å²) in [6.07, 6.45) is 1.33. The summed E-state index contributed by atoms with van der Waals surface area (Å²) < 4.78 is 6.36. The Morgan fingerprint density at radius 2 is 1.84 bits per heavy atom. The molecule has 0 bridgehead atoms. The smallest absolute Gasteiger partial charge is 0.224 e. The van der Waals surface area contributed by atoms with Crippen molar-refractivity contribution in [1.82, 2.24) is 4.98 Å². The molecular formula is C25H24N2O2S2. The molecule has 4 aromatic rings. The van der Waals surface area contributed by atoms with E-state index in [4.69, 9.17) is 9.72 Å². The molecule has 0 fully saturated rings. The molecule has 0 aliphatic heterocycles. The molecule has 0 aliphatic carbocycles. The Labute approximate surface area is 190 Å². The van der Waals surface area contributed by atoms with Gasteiger partial charge in [0.15, 0.2) is 0 Å². The van der Waals surface area contributed by atoms with Crippen molar-refractivity contribution in [3.05, 3.63) is 72.3 Å². The number of ether oxygens (including phenoxy) is 1. The van der Waals surface area contributed by atoms with Crippen molar-refractivity contribution in [1.29, 1.82) is 0 Å². The number of fused-ring (bicyclic) bond motifs is 1. The molecule has 4 nitrogen and oxygen atoms in total. The first-order valence-electron chi connectivity index (χ1n) is 10.1. The molecule has 0 aliphatic rings. The van der Waals surface area contributed by atoms with Crippen LogP contribution in [0.1, 0.15) is 18.4 Å². The van der Waals surface area contributed by atoms with Crippen LogP contribution in [0.4, 0.5) is 5.69 Å². The SMILES string of the molecule is COc1ccc(SCCCC(=O)Nc2ccc(-c3nc4ccc(C)cc4s3)cc2)cc1. The number of nitrogens with one attached hydrogen (secondary N) is 1. The van der Waals surface area contributed by atoms with E-state index < -0.39 is 0 Å². The minimum absolute atomic E-state index is 0.0403. The topological polar surface area (TPSA) is 51.2 Å². The second-order valence-corrected chi connectivity index (χ2v) is 9.44. The molecule has 0 spiro atoms. The van der Waals surface area contributed by atoms with E-state index in [-0.39, 0.29) is 5.91 Å². The number of carbonyl (C=O) groups is 1. The zero-order valence-electron chi connectivity index (χ0n) is 17.6. The van der Waals surface area contributed by atoms with Crippen LogP contribution in [0.2, 0.25) is 0 Å². The van der Waals surface area contributed by atoms with Gasteiger partial charge < -0.3 is 10.1 Å². The Kier molecular flexibility index (Phi) is 6.89. The second kappa shape index (κ2) is 9.98. The number of nitrogens with zero attached hydrogens (tertiary/aromatic N) is 1. The molecule has 0 saturated carbocycles. The molecule has 1 N–H and O–H groups in total. The molecule has 6 heteroatoms. The van der Waals surface area contributed by atoms with Crippen LogP contribution in [0.15, 0.2) is 71.6 Å². The molecule has 0 saturated heterocycles. The van der Waals surface area contributed by atoms with Gasteiger partial charge in [-0.25, -0.2) is 4.98 Å². The summed E-state index contributed by atoms with van der Waals surface area (Å²) in [5, 5.41) is 3.98. The molecule has 31 heavy (non-hydrogen) atoms. The predicted molar refractivity (Wildman–Crippen MR) is 131 cm³/mol. The third kappa shape index (κ3) is 5.66. The highest BCUT2D eigenvalue weighted by molar-refractivity contribution is 7.99. The zero-order valence-corrected chi connectivity index (χ0v) is 19.2. The number of thiazole rings is 1. The van der Waals surface area contributed by atoms with Crippen molar-refractivity contribution in [2.45, 2.75) is 24.7 Å². The van der Waals surface area contributed by atoms with Crippen molar-refractivity contribution < 1.29 is 9.53 Å². The molecule has 0 atom stereocenters. The van der Waals surface area contributed by atoms with Gasteiger partial charge in [0.2, 0.25) is 5.91 Å². The van der Waals surface area contributed by atoms with Crippen LogP contribution in [0.25, 0.3) is 20.8 Å². The van der Waals surface area contributed by atoms with Crippen LogP contribution >= 0.6 is 23.1 Å². The largest absolute Gasteiger partial charge is 0.497 e. The van der Waals surface area contributed by atoms with Crippen LogP contribution in [0.5, 0.6) is 5.75 Å². The van der Waals surface area contributed by atoms with E-state index in [1.807, 2.05) is 48.5 Å². The maximum atomic E-state index is 12.3. The van der Waals surface area contributed by atoms with E-state index in [0.717, 1.165) is 39.7 Å². The number of anilines is 1. The lowest BCUT2D eigenvalue weighted by Gasteiger charge is -2.06. The first-order valence-corrected chi connectivity index (χ1v) is 12.0. The van der Waals surface area contributed by atoms with Crippen molar-refractivity contribution in [3.8, 4) is 16.3 Å². The average molecular weight is 449 g/mol. The van der Waals surface area contributed by atoms with E-state index in [1.54, 1.807) is 30.2 Å². The molecule has 3 aromatic carbocycles. The number of hydrogen-bond donors (Lipinski definition) is 1. The Bertz CT molecular complexity index is 1170. The molecule has 1 aromatic heterocycles. The van der Waals surface area contributed by atoms with Gasteiger partial charge in [-0.3, -0.25) is 4.79 Å². The highest BCUT2D eigenvalue weighted by Crippen LogP contribution is 2.31. The van der Waals surface area contributed by atoms with Crippen molar-refractivity contribution in [2.75, 3.05) is 18.2 Å². The van der Waals surface area contributed by atoms with Crippen molar-refractivity contribution in [3.63, 3.8) is 0 Å². The molecule has 0 radical (unpaired) electrons. The quantitative estimate of drug-likeness (QED) is 0.238. The minimum atomic E-state index is 0.0403. The molecule has 1 amide bonds. The first kappa shape index (κ1) is 21.4. The molecular weight excluding hydrogens is 424 g/mol. The zero-order chi connectivity index (χ0) is 21.6. The third-order valence-electron chi connectivity index (χ3n) is 4.84. The third-order valence-corrected chi connectivity index (χ3v) is 7.00. The summed E-state index contributed by atoms with van der Waals surface area (Å²) in [7, 11) is 1.66. The summed E-state index contributed by atoms with van der Waals surface area (Å²) in [4.78, 5) is 18.2. The number of benzene rings is 3. The van der Waals surface area contributed by atoms with Crippen molar-refractivity contribution in [2.24, 2.45) is 0 Å². The molecule has 4 rings (SSSR count). The second-order valence-electron chi connectivity index (χ2n) is 7.24. The first-order chi connectivity index (χ1) is 15.1. The fraction of sp³-hybridized carbons (Fsp3) is 0.200. The summed E-state index contributed by atoms with van der Waals surface area (Å²) in [6, 6.07) is 22.2. The van der Waals surface area contributed by atoms with E-state index >= 15 is 0 Å². The fourth-order valence-electron chi connectivity index (χ4n) is 3.17. The minimum Gasteiger partial charge on any atom is -0.497 e. The lowest BCUT2D eigenvalue weighted by molar-refractivity contribution is -0.116. The van der Waals surface area contributed by atoms with Gasteiger partial charge in [0.05, 0.1) is 17.3 Å². The van der Waals surface area contributed by atoms with Crippen LogP contribution < -0.4 is 10.1 Å². The lowest BCUT2D eigenvalue weighted by Crippen LogP contribution is -2.11. The van der Waals surface area contributed by atoms with Gasteiger partial charge in [0, 0.05) is 22.6 Å². The maximum Gasteiger partial charge on any atom is 0.224 e. The van der Waals surface area contributed by atoms with Gasteiger partial charge in [0.1, 0.15) is 10.8 Å². The molecule has 158 valence electrons. The summed E-state index contributed by atoms with van der Waals surface area (Å²) in [5.74, 6) is 1.79. The van der Waals surface area contributed by atoms with Gasteiger partial charge in [0.25, 0.3) is 0 Å². The average Bonchev–Trinajstić information content (AvgIpc) is 3.21. The summed E-state index contributed by atoms with van der Waals surface area (Å²) in [6.45, 7) is 2.09. The Hall–Kier alpha value is -2.83. The van der Waals surface area contributed by atoms with E-state index in [2.05, 4.69) is 30.4 Å². The van der Waals surface area contributed by atoms with Crippen LogP contribution in [0.3, 0.4) is 0 Å². The van der Waals surface area contributed by atoms with E-state index in [1.165, 1.54) is 15.2 Å². The number of rotatable bonds is 8. The normalized spacial score (nSPS) is 10.9. The molecule has 0 unspecified atom stereocenters. The molecule has 1 heterocycles. The number of aryl methyl sites for hydroxylation is 1. The maximum absolute atomic E-state index is 12.3. The Morgan fingerprint density at radius 1 is 1.06 bits per heavy atom. The fourth-order valence-corrected chi connectivity index (χ4v) is 5.09. The number of hydrogen-bond acceptors (Lipinski definition) is 5. The van der Waals surface area contributed by atoms with Gasteiger partial charge in [-0.05, 0) is 85.3 Å². The van der Waals surface area contributed by atoms with Gasteiger partial charge in [-0.2, -0.15) is 0 Å². The van der Waals surface area contributed by atoms with Crippen molar-refractivity contribution >= 4 is 44.9 Å².